The standard InChI is InChI=1S/C8H12S/c1-9-7-6-8-4-2-3-5-8/h8H,2-5H2,1H3. The first-order valence-corrected chi connectivity index (χ1v) is 4.69. The highest BCUT2D eigenvalue weighted by Gasteiger charge is 2.10. The van der Waals surface area contributed by atoms with Gasteiger partial charge in [-0.3, -0.25) is 0 Å². The Bertz CT molecular complexity index is 123. The maximum absolute atomic E-state index is 3.24. The van der Waals surface area contributed by atoms with E-state index in [9.17, 15) is 0 Å². The highest BCUT2D eigenvalue weighted by Crippen LogP contribution is 2.23. The van der Waals surface area contributed by atoms with Gasteiger partial charge in [0.25, 0.3) is 0 Å². The first kappa shape index (κ1) is 7.02. The van der Waals surface area contributed by atoms with E-state index in [1.807, 2.05) is 6.26 Å². The maximum Gasteiger partial charge on any atom is 0.0211 e. The molecule has 1 fully saturated rings. The van der Waals surface area contributed by atoms with Gasteiger partial charge in [-0.1, -0.05) is 30.5 Å². The minimum absolute atomic E-state index is 0.734. The highest BCUT2D eigenvalue weighted by molar-refractivity contribution is 8.03. The minimum Gasteiger partial charge on any atom is -0.0879 e. The van der Waals surface area contributed by atoms with Crippen LogP contribution in [0.25, 0.3) is 0 Å². The lowest BCUT2D eigenvalue weighted by atomic mass is 10.1. The summed E-state index contributed by atoms with van der Waals surface area (Å²) in [5.74, 6) is 3.98. The summed E-state index contributed by atoms with van der Waals surface area (Å²) in [4.78, 5) is 0. The maximum atomic E-state index is 3.24. The summed E-state index contributed by atoms with van der Waals surface area (Å²) in [6, 6.07) is 0. The lowest BCUT2D eigenvalue weighted by Gasteiger charge is -1.92. The van der Waals surface area contributed by atoms with Gasteiger partial charge in [-0.2, -0.15) is 0 Å². The molecule has 0 radical (unpaired) electrons. The van der Waals surface area contributed by atoms with Crippen LogP contribution >= 0.6 is 11.8 Å². The topological polar surface area (TPSA) is 0 Å². The fraction of sp³-hybridized carbons (Fsp3) is 0.750. The first-order valence-electron chi connectivity index (χ1n) is 3.47. The quantitative estimate of drug-likeness (QED) is 0.466. The molecule has 1 saturated carbocycles. The van der Waals surface area contributed by atoms with E-state index >= 15 is 0 Å². The normalized spacial score (nSPS) is 19.2. The largest absolute Gasteiger partial charge is 0.0879 e. The van der Waals surface area contributed by atoms with Crippen molar-refractivity contribution in [3.8, 4) is 11.2 Å². The molecule has 0 atom stereocenters. The summed E-state index contributed by atoms with van der Waals surface area (Å²) in [5.41, 5.74) is 0. The van der Waals surface area contributed by atoms with Gasteiger partial charge in [0.2, 0.25) is 0 Å². The molecule has 0 saturated heterocycles. The van der Waals surface area contributed by atoms with Crippen molar-refractivity contribution in [2.75, 3.05) is 6.26 Å². The Kier molecular flexibility index (Phi) is 3.00. The third kappa shape index (κ3) is 2.32. The van der Waals surface area contributed by atoms with E-state index in [2.05, 4.69) is 11.2 Å². The van der Waals surface area contributed by atoms with E-state index in [1.54, 1.807) is 11.8 Å². The Morgan fingerprint density at radius 1 is 1.33 bits per heavy atom. The summed E-state index contributed by atoms with van der Waals surface area (Å²) >= 11 is 1.63. The Hall–Kier alpha value is -0.0900. The molecule has 0 unspecified atom stereocenters. The molecular formula is C8H12S. The Labute approximate surface area is 61.4 Å². The van der Waals surface area contributed by atoms with Crippen LogP contribution in [0.4, 0.5) is 0 Å². The molecule has 0 heterocycles. The van der Waals surface area contributed by atoms with Crippen molar-refractivity contribution in [3.63, 3.8) is 0 Å². The van der Waals surface area contributed by atoms with Crippen molar-refractivity contribution >= 4 is 11.8 Å². The van der Waals surface area contributed by atoms with Gasteiger partial charge in [0.1, 0.15) is 0 Å². The second-order valence-corrected chi connectivity index (χ2v) is 3.04. The van der Waals surface area contributed by atoms with Crippen LogP contribution in [0.15, 0.2) is 0 Å². The van der Waals surface area contributed by atoms with Gasteiger partial charge < -0.3 is 0 Å². The predicted octanol–water partition coefficient (Wildman–Crippen LogP) is 2.50. The average Bonchev–Trinajstić information content (AvgIpc) is 2.34. The number of hydrogen-bond acceptors (Lipinski definition) is 1. The van der Waals surface area contributed by atoms with Crippen LogP contribution in [0.5, 0.6) is 0 Å². The molecule has 0 aromatic rings. The van der Waals surface area contributed by atoms with Gasteiger partial charge >= 0.3 is 0 Å². The van der Waals surface area contributed by atoms with Gasteiger partial charge in [0, 0.05) is 5.92 Å². The molecule has 1 aliphatic carbocycles. The summed E-state index contributed by atoms with van der Waals surface area (Å²) in [6.07, 6.45) is 7.50. The molecule has 1 aliphatic rings. The summed E-state index contributed by atoms with van der Waals surface area (Å²) < 4.78 is 0. The molecule has 1 rings (SSSR count). The second kappa shape index (κ2) is 3.85. The van der Waals surface area contributed by atoms with Crippen molar-refractivity contribution in [3.05, 3.63) is 0 Å². The molecule has 1 heteroatoms. The van der Waals surface area contributed by atoms with Gasteiger partial charge in [0.15, 0.2) is 0 Å². The van der Waals surface area contributed by atoms with Crippen molar-refractivity contribution < 1.29 is 0 Å². The van der Waals surface area contributed by atoms with Crippen LogP contribution in [0.2, 0.25) is 0 Å². The van der Waals surface area contributed by atoms with E-state index in [4.69, 9.17) is 0 Å². The van der Waals surface area contributed by atoms with Crippen LogP contribution in [-0.4, -0.2) is 6.26 Å². The number of thioether (sulfide) groups is 1. The van der Waals surface area contributed by atoms with Crippen molar-refractivity contribution in [2.45, 2.75) is 25.7 Å². The fourth-order valence-electron chi connectivity index (χ4n) is 1.21. The number of hydrogen-bond donors (Lipinski definition) is 0. The molecule has 0 nitrogen and oxygen atoms in total. The first-order chi connectivity index (χ1) is 4.43. The average molecular weight is 140 g/mol. The molecule has 50 valence electrons. The van der Waals surface area contributed by atoms with Crippen LogP contribution in [0.1, 0.15) is 25.7 Å². The summed E-state index contributed by atoms with van der Waals surface area (Å²) in [6.45, 7) is 0. The van der Waals surface area contributed by atoms with Crippen molar-refractivity contribution in [2.24, 2.45) is 5.92 Å². The molecule has 0 aromatic carbocycles. The SMILES string of the molecule is CSC#CC1CCCC1. The fourth-order valence-corrected chi connectivity index (χ4v) is 1.50. The third-order valence-corrected chi connectivity index (χ3v) is 2.04. The zero-order chi connectivity index (χ0) is 6.53. The van der Waals surface area contributed by atoms with E-state index < -0.39 is 0 Å². The van der Waals surface area contributed by atoms with E-state index in [0.29, 0.717) is 0 Å². The summed E-state index contributed by atoms with van der Waals surface area (Å²) in [7, 11) is 0. The predicted molar refractivity (Wildman–Crippen MR) is 43.2 cm³/mol. The van der Waals surface area contributed by atoms with Crippen molar-refractivity contribution in [1.29, 1.82) is 0 Å². The molecule has 0 bridgehead atoms. The smallest absolute Gasteiger partial charge is 0.0211 e. The van der Waals surface area contributed by atoms with Gasteiger partial charge in [-0.05, 0) is 24.3 Å². The molecule has 0 N–H and O–H groups in total. The minimum atomic E-state index is 0.734. The molecule has 0 spiro atoms. The van der Waals surface area contributed by atoms with Gasteiger partial charge in [0.05, 0.1) is 0 Å². The molecular weight excluding hydrogens is 128 g/mol. The third-order valence-electron chi connectivity index (χ3n) is 1.72. The monoisotopic (exact) mass is 140 g/mol. The zero-order valence-corrected chi connectivity index (χ0v) is 6.63. The van der Waals surface area contributed by atoms with E-state index in [0.717, 1.165) is 5.92 Å². The Morgan fingerprint density at radius 2 is 2.00 bits per heavy atom. The van der Waals surface area contributed by atoms with Crippen LogP contribution in [0, 0.1) is 17.1 Å². The van der Waals surface area contributed by atoms with E-state index in [-0.39, 0.29) is 0 Å². The lowest BCUT2D eigenvalue weighted by Crippen LogP contribution is -1.84. The number of rotatable bonds is 0. The van der Waals surface area contributed by atoms with Gasteiger partial charge in [-0.15, -0.1) is 0 Å². The Balaban J connectivity index is 2.26. The molecule has 9 heavy (non-hydrogen) atoms. The van der Waals surface area contributed by atoms with Crippen LogP contribution in [-0.2, 0) is 0 Å². The van der Waals surface area contributed by atoms with E-state index in [1.165, 1.54) is 25.7 Å². The highest BCUT2D eigenvalue weighted by atomic mass is 32.2. The summed E-state index contributed by atoms with van der Waals surface area (Å²) in [5, 5.41) is 3.06. The van der Waals surface area contributed by atoms with Gasteiger partial charge in [-0.25, -0.2) is 0 Å². The second-order valence-electron chi connectivity index (χ2n) is 2.43. The lowest BCUT2D eigenvalue weighted by molar-refractivity contribution is 0.712. The van der Waals surface area contributed by atoms with Crippen LogP contribution in [0.3, 0.4) is 0 Å². The zero-order valence-electron chi connectivity index (χ0n) is 5.81. The molecule has 0 amide bonds. The van der Waals surface area contributed by atoms with Crippen LogP contribution < -0.4 is 0 Å². The van der Waals surface area contributed by atoms with Crippen molar-refractivity contribution in [1.82, 2.24) is 0 Å². The molecule has 0 aromatic heterocycles. The Morgan fingerprint density at radius 3 is 2.56 bits per heavy atom. The molecule has 0 aliphatic heterocycles.